The largest absolute Gasteiger partial charge is 0.311 e. The average molecular weight is 1480 g/mol. The van der Waals surface area contributed by atoms with E-state index in [-0.39, 0.29) is 0 Å². The molecule has 0 aliphatic heterocycles. The molecule has 4 nitrogen and oxygen atoms in total. The smallest absolute Gasteiger partial charge is 0.0546 e. The molecule has 0 aliphatic carbocycles. The van der Waals surface area contributed by atoms with Crippen LogP contribution in [-0.2, 0) is 0 Å². The summed E-state index contributed by atoms with van der Waals surface area (Å²) in [6, 6.07) is 176. The second-order valence-electron chi connectivity index (χ2n) is 29.3. The minimum atomic E-state index is 1.06. The van der Waals surface area contributed by atoms with Gasteiger partial charge in [-0.05, 0) is 257 Å². The van der Waals surface area contributed by atoms with Crippen LogP contribution in [0.15, 0.2) is 485 Å². The van der Waals surface area contributed by atoms with E-state index in [0.717, 1.165) is 124 Å². The van der Waals surface area contributed by atoms with Gasteiger partial charge in [0.25, 0.3) is 0 Å². The van der Waals surface area contributed by atoms with Gasteiger partial charge in [-0.15, -0.1) is 0 Å². The van der Waals surface area contributed by atoms with E-state index in [1.165, 1.54) is 55.6 Å². The van der Waals surface area contributed by atoms with E-state index in [1.807, 2.05) is 0 Å². The highest BCUT2D eigenvalue weighted by Gasteiger charge is 2.22. The van der Waals surface area contributed by atoms with Crippen molar-refractivity contribution in [3.05, 3.63) is 485 Å². The molecule has 0 heterocycles. The van der Waals surface area contributed by atoms with Gasteiger partial charge in [-0.1, -0.05) is 334 Å². The van der Waals surface area contributed by atoms with Gasteiger partial charge in [-0.3, -0.25) is 0 Å². The van der Waals surface area contributed by atoms with Crippen molar-refractivity contribution in [1.82, 2.24) is 0 Å². The molecule has 548 valence electrons. The Kier molecular flexibility index (Phi) is 19.9. The number of benzene rings is 19. The Balaban J connectivity index is 0.605. The maximum Gasteiger partial charge on any atom is 0.0546 e. The number of hydrogen-bond acceptors (Lipinski definition) is 4. The van der Waals surface area contributed by atoms with Crippen LogP contribution >= 0.6 is 0 Å². The zero-order chi connectivity index (χ0) is 77.4. The van der Waals surface area contributed by atoms with Crippen LogP contribution < -0.4 is 19.6 Å². The van der Waals surface area contributed by atoms with Gasteiger partial charge in [0, 0.05) is 67.9 Å². The second kappa shape index (κ2) is 32.5. The summed E-state index contributed by atoms with van der Waals surface area (Å²) in [5, 5.41) is 2.32. The SMILES string of the molecule is c1ccc(-c2ccc(N(c3ccc(-c4ccccc4)cc3)c3ccc(-c4ccc(N(c5ccc(-c6ccccc6)cc5)c5ccc(-c6cccc(-c7cc(N(c8ccccc8)c8ccc(-c9ccc(N(c%10ccc(-c%11ccccc%11)cc%10)c%10ccc(-c%11ccccc%11)cc%10)cc9)cc8)c8ccccc8c7)c6)cc5)cc4)cc3)cc2)cc1. The fourth-order valence-electron chi connectivity index (χ4n) is 16.0. The van der Waals surface area contributed by atoms with Crippen molar-refractivity contribution < 1.29 is 0 Å². The van der Waals surface area contributed by atoms with Crippen LogP contribution in [0.5, 0.6) is 0 Å². The summed E-state index contributed by atoms with van der Waals surface area (Å²) in [4.78, 5) is 9.46. The lowest BCUT2D eigenvalue weighted by Crippen LogP contribution is -2.10. The maximum absolute atomic E-state index is 2.41. The lowest BCUT2D eigenvalue weighted by Gasteiger charge is -2.28. The number of para-hydroxylation sites is 1. The molecule has 0 saturated carbocycles. The summed E-state index contributed by atoms with van der Waals surface area (Å²) in [5.74, 6) is 0. The van der Waals surface area contributed by atoms with Gasteiger partial charge in [0.15, 0.2) is 0 Å². The second-order valence-corrected chi connectivity index (χ2v) is 29.3. The van der Waals surface area contributed by atoms with Crippen LogP contribution in [-0.4, -0.2) is 0 Å². The molecular formula is C112H80N4. The molecule has 0 atom stereocenters. The van der Waals surface area contributed by atoms with Gasteiger partial charge >= 0.3 is 0 Å². The van der Waals surface area contributed by atoms with Crippen LogP contribution in [0.4, 0.5) is 68.2 Å². The van der Waals surface area contributed by atoms with E-state index in [1.54, 1.807) is 0 Å². The predicted octanol–water partition coefficient (Wildman–Crippen LogP) is 31.7. The van der Waals surface area contributed by atoms with E-state index in [0.29, 0.717) is 0 Å². The fraction of sp³-hybridized carbons (Fsp3) is 0. The third kappa shape index (κ3) is 15.1. The van der Waals surface area contributed by atoms with Crippen molar-refractivity contribution in [3.63, 3.8) is 0 Å². The van der Waals surface area contributed by atoms with Gasteiger partial charge < -0.3 is 19.6 Å². The van der Waals surface area contributed by atoms with E-state index in [2.05, 4.69) is 505 Å². The fourth-order valence-corrected chi connectivity index (χ4v) is 16.0. The van der Waals surface area contributed by atoms with Crippen molar-refractivity contribution >= 4 is 79.0 Å². The molecule has 116 heavy (non-hydrogen) atoms. The summed E-state index contributed by atoms with van der Waals surface area (Å²) in [6.07, 6.45) is 0. The van der Waals surface area contributed by atoms with Crippen molar-refractivity contribution in [1.29, 1.82) is 0 Å². The normalized spacial score (nSPS) is 11.1. The van der Waals surface area contributed by atoms with Gasteiger partial charge in [-0.2, -0.15) is 0 Å². The minimum absolute atomic E-state index is 1.06. The van der Waals surface area contributed by atoms with Crippen molar-refractivity contribution in [3.8, 4) is 100 Å². The Morgan fingerprint density at radius 1 is 0.103 bits per heavy atom. The molecule has 19 aromatic rings. The summed E-state index contributed by atoms with van der Waals surface area (Å²) < 4.78 is 0. The molecule has 19 aromatic carbocycles. The first-order valence-electron chi connectivity index (χ1n) is 39.7. The van der Waals surface area contributed by atoms with Crippen molar-refractivity contribution in [2.75, 3.05) is 19.6 Å². The van der Waals surface area contributed by atoms with Crippen LogP contribution in [0.3, 0.4) is 0 Å². The highest BCUT2D eigenvalue weighted by Crippen LogP contribution is 2.46. The molecule has 0 unspecified atom stereocenters. The molecule has 4 heteroatoms. The zero-order valence-electron chi connectivity index (χ0n) is 64.0. The van der Waals surface area contributed by atoms with Gasteiger partial charge in [0.2, 0.25) is 0 Å². The number of nitrogens with zero attached hydrogens (tertiary/aromatic N) is 4. The molecule has 0 aromatic heterocycles. The molecule has 0 amide bonds. The third-order valence-electron chi connectivity index (χ3n) is 22.1. The van der Waals surface area contributed by atoms with E-state index >= 15 is 0 Å². The standard InChI is InChI=1S/C112H80N4/c1-7-22-81(23-8-1)86-38-58-101(59-39-86)113(102-60-40-87(41-61-102)82-24-9-2-10-25-82)106-68-48-91(49-69-106)92-50-70-108(71-51-92)115(105-66-46-90(47-67-105)85-30-15-5-16-31-85)109-74-56-95(57-75-109)96-33-21-34-97(78-96)99-79-98-32-19-20-37-111(98)112(80-99)116(100-35-17-6-18-36-100)110-76-54-94(55-77-110)93-52-72-107(73-53-93)114(103-62-42-88(43-63-103)83-26-11-3-12-27-83)104-64-44-89(45-65-104)84-28-13-4-14-29-84/h1-80H. The quantitative estimate of drug-likeness (QED) is 0.0711. The Morgan fingerprint density at radius 3 is 0.543 bits per heavy atom. The predicted molar refractivity (Wildman–Crippen MR) is 492 cm³/mol. The Morgan fingerprint density at radius 2 is 0.284 bits per heavy atom. The van der Waals surface area contributed by atoms with E-state index < -0.39 is 0 Å². The van der Waals surface area contributed by atoms with Crippen molar-refractivity contribution in [2.45, 2.75) is 0 Å². The average Bonchev–Trinajstić information content (AvgIpc) is 0.776. The number of fused-ring (bicyclic) bond motifs is 1. The van der Waals surface area contributed by atoms with Gasteiger partial charge in [0.1, 0.15) is 0 Å². The Hall–Kier alpha value is -15.4. The lowest BCUT2D eigenvalue weighted by molar-refractivity contribution is 1.28. The van der Waals surface area contributed by atoms with Gasteiger partial charge in [0.05, 0.1) is 5.69 Å². The molecule has 0 bridgehead atoms. The van der Waals surface area contributed by atoms with Crippen LogP contribution in [0.2, 0.25) is 0 Å². The molecule has 0 N–H and O–H groups in total. The molecular weight excluding hydrogens is 1400 g/mol. The summed E-state index contributed by atoms with van der Waals surface area (Å²) in [7, 11) is 0. The zero-order valence-corrected chi connectivity index (χ0v) is 64.0. The first-order chi connectivity index (χ1) is 57.5. The topological polar surface area (TPSA) is 13.0 Å². The van der Waals surface area contributed by atoms with Crippen LogP contribution in [0.25, 0.3) is 111 Å². The summed E-state index contributed by atoms with van der Waals surface area (Å²) in [5.41, 5.74) is 33.8. The third-order valence-corrected chi connectivity index (χ3v) is 22.1. The van der Waals surface area contributed by atoms with Crippen LogP contribution in [0, 0.1) is 0 Å². The molecule has 0 radical (unpaired) electrons. The Bertz CT molecular complexity index is 6330. The number of hydrogen-bond donors (Lipinski definition) is 0. The molecule has 0 spiro atoms. The summed E-state index contributed by atoms with van der Waals surface area (Å²) >= 11 is 0. The first kappa shape index (κ1) is 71.0. The van der Waals surface area contributed by atoms with Crippen molar-refractivity contribution in [2.24, 2.45) is 0 Å². The Labute approximate surface area is 679 Å². The van der Waals surface area contributed by atoms with Gasteiger partial charge in [-0.25, -0.2) is 0 Å². The monoisotopic (exact) mass is 1480 g/mol. The molecule has 0 fully saturated rings. The summed E-state index contributed by atoms with van der Waals surface area (Å²) in [6.45, 7) is 0. The highest BCUT2D eigenvalue weighted by atomic mass is 15.2. The van der Waals surface area contributed by atoms with E-state index in [4.69, 9.17) is 0 Å². The minimum Gasteiger partial charge on any atom is -0.311 e. The molecule has 19 rings (SSSR count). The van der Waals surface area contributed by atoms with Crippen LogP contribution in [0.1, 0.15) is 0 Å². The maximum atomic E-state index is 2.41. The number of rotatable bonds is 21. The molecule has 0 saturated heterocycles. The van der Waals surface area contributed by atoms with E-state index in [9.17, 15) is 0 Å². The first-order valence-corrected chi connectivity index (χ1v) is 39.7. The highest BCUT2D eigenvalue weighted by molar-refractivity contribution is 6.02. The number of anilines is 12. The molecule has 0 aliphatic rings. The lowest BCUT2D eigenvalue weighted by atomic mass is 9.95.